The average molecular weight is 268 g/mol. The molecule has 0 bridgehead atoms. The van der Waals surface area contributed by atoms with E-state index in [4.69, 9.17) is 5.73 Å². The van der Waals surface area contributed by atoms with Gasteiger partial charge in [0.05, 0.1) is 5.41 Å². The molecule has 1 unspecified atom stereocenters. The molecule has 112 valence electrons. The fourth-order valence-electron chi connectivity index (χ4n) is 3.40. The first-order valence-corrected chi connectivity index (χ1v) is 8.10. The lowest BCUT2D eigenvalue weighted by Gasteiger charge is -2.33. The number of nitrogens with two attached hydrogens (primary N) is 1. The summed E-state index contributed by atoms with van der Waals surface area (Å²) in [6, 6.07) is 0.258. The Morgan fingerprint density at radius 3 is 2.11 bits per heavy atom. The van der Waals surface area contributed by atoms with Gasteiger partial charge in [-0.15, -0.1) is 0 Å². The molecule has 1 rings (SSSR count). The highest BCUT2D eigenvalue weighted by molar-refractivity contribution is 5.83. The van der Waals surface area contributed by atoms with E-state index < -0.39 is 0 Å². The molecule has 3 heteroatoms. The van der Waals surface area contributed by atoms with Crippen LogP contribution in [0.5, 0.6) is 0 Å². The van der Waals surface area contributed by atoms with Crippen molar-refractivity contribution in [1.82, 2.24) is 5.32 Å². The predicted molar refractivity (Wildman–Crippen MR) is 80.9 cm³/mol. The molecule has 0 aromatic rings. The van der Waals surface area contributed by atoms with Crippen molar-refractivity contribution >= 4 is 5.91 Å². The highest BCUT2D eigenvalue weighted by Crippen LogP contribution is 2.34. The van der Waals surface area contributed by atoms with Crippen molar-refractivity contribution in [3.63, 3.8) is 0 Å². The number of rotatable bonds is 6. The molecule has 1 amide bonds. The quantitative estimate of drug-likeness (QED) is 0.727. The zero-order chi connectivity index (χ0) is 14.3. The van der Waals surface area contributed by atoms with E-state index in [1.54, 1.807) is 0 Å². The average Bonchev–Trinajstić information content (AvgIpc) is 2.66. The molecule has 1 saturated carbocycles. The second kappa shape index (κ2) is 7.88. The summed E-state index contributed by atoms with van der Waals surface area (Å²) in [5.74, 6) is 0.779. The normalized spacial score (nSPS) is 20.9. The molecule has 0 aromatic heterocycles. The van der Waals surface area contributed by atoms with E-state index in [2.05, 4.69) is 26.1 Å². The van der Waals surface area contributed by atoms with Gasteiger partial charge in [-0.25, -0.2) is 0 Å². The third-order valence-corrected chi connectivity index (χ3v) is 5.05. The molecule has 19 heavy (non-hydrogen) atoms. The molecule has 3 nitrogen and oxygen atoms in total. The van der Waals surface area contributed by atoms with Crippen LogP contribution in [0.1, 0.15) is 72.1 Å². The summed E-state index contributed by atoms with van der Waals surface area (Å²) in [5.41, 5.74) is 5.67. The molecule has 1 aliphatic carbocycles. The number of amides is 1. The Kier molecular flexibility index (Phi) is 6.84. The van der Waals surface area contributed by atoms with Crippen molar-refractivity contribution in [1.29, 1.82) is 0 Å². The molecular weight excluding hydrogens is 236 g/mol. The van der Waals surface area contributed by atoms with Gasteiger partial charge < -0.3 is 11.1 Å². The number of hydrogen-bond acceptors (Lipinski definition) is 2. The van der Waals surface area contributed by atoms with E-state index in [1.165, 1.54) is 12.8 Å². The van der Waals surface area contributed by atoms with Crippen LogP contribution in [0.15, 0.2) is 0 Å². The summed E-state index contributed by atoms with van der Waals surface area (Å²) in [7, 11) is 0. The Balaban J connectivity index is 2.67. The standard InChI is InChI=1S/C16H32N2O/c1-4-14(5-2)13(3)18-15(19)16(12-17)10-8-6-7-9-11-16/h13-14H,4-12,17H2,1-3H3,(H,18,19). The van der Waals surface area contributed by atoms with E-state index in [9.17, 15) is 4.79 Å². The number of carbonyl (C=O) groups is 1. The lowest BCUT2D eigenvalue weighted by molar-refractivity contribution is -0.132. The van der Waals surface area contributed by atoms with Gasteiger partial charge in [-0.05, 0) is 25.7 Å². The summed E-state index contributed by atoms with van der Waals surface area (Å²) in [6.45, 7) is 7.02. The number of hydrogen-bond donors (Lipinski definition) is 2. The second-order valence-corrected chi connectivity index (χ2v) is 6.24. The van der Waals surface area contributed by atoms with Gasteiger partial charge in [-0.3, -0.25) is 4.79 Å². The third kappa shape index (κ3) is 4.20. The Bertz CT molecular complexity index is 266. The summed E-state index contributed by atoms with van der Waals surface area (Å²) in [6.07, 6.45) is 8.94. The molecule has 1 atom stereocenters. The Morgan fingerprint density at radius 1 is 1.16 bits per heavy atom. The van der Waals surface area contributed by atoms with E-state index in [-0.39, 0.29) is 17.4 Å². The fraction of sp³-hybridized carbons (Fsp3) is 0.938. The van der Waals surface area contributed by atoms with Gasteiger partial charge in [0.2, 0.25) is 5.91 Å². The maximum absolute atomic E-state index is 12.7. The van der Waals surface area contributed by atoms with Crippen LogP contribution in [0.25, 0.3) is 0 Å². The van der Waals surface area contributed by atoms with Crippen LogP contribution in [0.4, 0.5) is 0 Å². The number of nitrogens with one attached hydrogen (secondary N) is 1. The summed E-state index contributed by atoms with van der Waals surface area (Å²) < 4.78 is 0. The van der Waals surface area contributed by atoms with Gasteiger partial charge in [-0.2, -0.15) is 0 Å². The van der Waals surface area contributed by atoms with Gasteiger partial charge in [0.15, 0.2) is 0 Å². The molecule has 0 saturated heterocycles. The highest BCUT2D eigenvalue weighted by atomic mass is 16.2. The van der Waals surface area contributed by atoms with Crippen molar-refractivity contribution in [3.8, 4) is 0 Å². The molecule has 0 radical (unpaired) electrons. The Hall–Kier alpha value is -0.570. The first-order chi connectivity index (χ1) is 9.09. The van der Waals surface area contributed by atoms with Crippen molar-refractivity contribution in [3.05, 3.63) is 0 Å². The zero-order valence-corrected chi connectivity index (χ0v) is 13.0. The van der Waals surface area contributed by atoms with E-state index in [0.717, 1.165) is 38.5 Å². The van der Waals surface area contributed by atoms with Gasteiger partial charge >= 0.3 is 0 Å². The molecule has 0 aromatic carbocycles. The van der Waals surface area contributed by atoms with Crippen LogP contribution in [0.3, 0.4) is 0 Å². The van der Waals surface area contributed by atoms with Gasteiger partial charge in [0.1, 0.15) is 0 Å². The third-order valence-electron chi connectivity index (χ3n) is 5.05. The molecule has 1 fully saturated rings. The first-order valence-electron chi connectivity index (χ1n) is 8.10. The van der Waals surface area contributed by atoms with Crippen molar-refractivity contribution in [2.75, 3.05) is 6.54 Å². The van der Waals surface area contributed by atoms with E-state index >= 15 is 0 Å². The molecular formula is C16H32N2O. The van der Waals surface area contributed by atoms with Gasteiger partial charge in [0.25, 0.3) is 0 Å². The van der Waals surface area contributed by atoms with Crippen molar-refractivity contribution < 1.29 is 4.79 Å². The maximum atomic E-state index is 12.7. The lowest BCUT2D eigenvalue weighted by atomic mass is 9.79. The fourth-order valence-corrected chi connectivity index (χ4v) is 3.40. The Morgan fingerprint density at radius 2 is 1.68 bits per heavy atom. The van der Waals surface area contributed by atoms with Crippen LogP contribution >= 0.6 is 0 Å². The van der Waals surface area contributed by atoms with Gasteiger partial charge in [-0.1, -0.05) is 52.4 Å². The number of carbonyl (C=O) groups excluding carboxylic acids is 1. The predicted octanol–water partition coefficient (Wildman–Crippen LogP) is 3.23. The molecule has 0 aliphatic heterocycles. The van der Waals surface area contributed by atoms with Crippen LogP contribution < -0.4 is 11.1 Å². The largest absolute Gasteiger partial charge is 0.353 e. The molecule has 1 aliphatic rings. The highest BCUT2D eigenvalue weighted by Gasteiger charge is 2.38. The summed E-state index contributed by atoms with van der Waals surface area (Å²) in [4.78, 5) is 12.7. The summed E-state index contributed by atoms with van der Waals surface area (Å²) in [5, 5.41) is 3.25. The summed E-state index contributed by atoms with van der Waals surface area (Å²) >= 11 is 0. The Labute approximate surface area is 118 Å². The van der Waals surface area contributed by atoms with Gasteiger partial charge in [0, 0.05) is 12.6 Å². The van der Waals surface area contributed by atoms with Crippen molar-refractivity contribution in [2.45, 2.75) is 78.2 Å². The van der Waals surface area contributed by atoms with Crippen LogP contribution in [-0.2, 0) is 4.79 Å². The van der Waals surface area contributed by atoms with Crippen LogP contribution in [0.2, 0.25) is 0 Å². The second-order valence-electron chi connectivity index (χ2n) is 6.24. The zero-order valence-electron chi connectivity index (χ0n) is 13.0. The monoisotopic (exact) mass is 268 g/mol. The van der Waals surface area contributed by atoms with Crippen LogP contribution in [0, 0.1) is 11.3 Å². The molecule has 3 N–H and O–H groups in total. The first kappa shape index (κ1) is 16.5. The minimum Gasteiger partial charge on any atom is -0.353 e. The minimum absolute atomic E-state index is 0.205. The van der Waals surface area contributed by atoms with E-state index in [1.807, 2.05) is 0 Å². The topological polar surface area (TPSA) is 55.1 Å². The maximum Gasteiger partial charge on any atom is 0.227 e. The lowest BCUT2D eigenvalue weighted by Crippen LogP contribution is -2.50. The van der Waals surface area contributed by atoms with Crippen molar-refractivity contribution in [2.24, 2.45) is 17.1 Å². The smallest absolute Gasteiger partial charge is 0.227 e. The molecule has 0 heterocycles. The molecule has 0 spiro atoms. The SMILES string of the molecule is CCC(CC)C(C)NC(=O)C1(CN)CCCCCC1. The van der Waals surface area contributed by atoms with E-state index in [0.29, 0.717) is 12.5 Å². The van der Waals surface area contributed by atoms with Crippen LogP contribution in [-0.4, -0.2) is 18.5 Å². The minimum atomic E-state index is -0.295.